The van der Waals surface area contributed by atoms with Gasteiger partial charge in [0, 0.05) is 37.7 Å². The lowest BCUT2D eigenvalue weighted by Crippen LogP contribution is -2.52. The van der Waals surface area contributed by atoms with Gasteiger partial charge in [0.05, 0.1) is 25.4 Å². The monoisotopic (exact) mass is 536 g/mol. The summed E-state index contributed by atoms with van der Waals surface area (Å²) >= 11 is 6.12. The van der Waals surface area contributed by atoms with Crippen LogP contribution in [-0.2, 0) is 20.9 Å². The Morgan fingerprint density at radius 3 is 2.18 bits per heavy atom. The van der Waals surface area contributed by atoms with E-state index in [1.807, 2.05) is 71.6 Å². The molecule has 0 N–H and O–H groups in total. The van der Waals surface area contributed by atoms with E-state index in [0.29, 0.717) is 42.6 Å². The topological polar surface area (TPSA) is 68.3 Å². The molecule has 1 heterocycles. The first kappa shape index (κ1) is 27.6. The van der Waals surface area contributed by atoms with Gasteiger partial charge < -0.3 is 19.1 Å². The molecule has 7 nitrogen and oxygen atoms in total. The van der Waals surface area contributed by atoms with Crippen molar-refractivity contribution in [3.05, 3.63) is 101 Å². The average Bonchev–Trinajstić information content (AvgIpc) is 2.96. The minimum Gasteiger partial charge on any atom is -0.481 e. The van der Waals surface area contributed by atoms with Crippen LogP contribution in [0.1, 0.15) is 34.5 Å². The fourth-order valence-electron chi connectivity index (χ4n) is 4.38. The largest absolute Gasteiger partial charge is 0.481 e. The first-order chi connectivity index (χ1) is 18.4. The van der Waals surface area contributed by atoms with E-state index in [9.17, 15) is 9.59 Å². The Labute approximate surface area is 228 Å². The van der Waals surface area contributed by atoms with Crippen molar-refractivity contribution >= 4 is 23.5 Å². The number of piperazine rings is 1. The molecular weight excluding hydrogens is 504 g/mol. The summed E-state index contributed by atoms with van der Waals surface area (Å²) in [5.74, 6) is 0.319. The second kappa shape index (κ2) is 13.4. The van der Waals surface area contributed by atoms with Gasteiger partial charge in [-0.15, -0.1) is 0 Å². The van der Waals surface area contributed by atoms with Crippen LogP contribution in [0.25, 0.3) is 0 Å². The van der Waals surface area contributed by atoms with E-state index >= 15 is 0 Å². The quantitative estimate of drug-likeness (QED) is 0.340. The van der Waals surface area contributed by atoms with E-state index < -0.39 is 6.10 Å². The lowest BCUT2D eigenvalue weighted by molar-refractivity contribution is -0.140. The van der Waals surface area contributed by atoms with E-state index in [0.717, 1.165) is 24.2 Å². The predicted octanol–water partition coefficient (Wildman–Crippen LogP) is 5.00. The summed E-state index contributed by atoms with van der Waals surface area (Å²) in [5.41, 5.74) is 2.49. The highest BCUT2D eigenvalue weighted by atomic mass is 35.5. The van der Waals surface area contributed by atoms with Crippen molar-refractivity contribution in [3.8, 4) is 5.75 Å². The van der Waals surface area contributed by atoms with Gasteiger partial charge in [-0.05, 0) is 54.4 Å². The Morgan fingerprint density at radius 1 is 0.895 bits per heavy atom. The first-order valence-corrected chi connectivity index (χ1v) is 13.1. The number of hydrogen-bond acceptors (Lipinski definition) is 6. The van der Waals surface area contributed by atoms with Crippen molar-refractivity contribution in [2.75, 3.05) is 39.8 Å². The lowest BCUT2D eigenvalue weighted by Gasteiger charge is -2.37. The van der Waals surface area contributed by atoms with Crippen LogP contribution in [0.5, 0.6) is 5.75 Å². The van der Waals surface area contributed by atoms with Crippen molar-refractivity contribution in [2.24, 2.45) is 0 Å². The number of ether oxygens (including phenoxy) is 3. The Bertz CT molecular complexity index is 1180. The summed E-state index contributed by atoms with van der Waals surface area (Å²) < 4.78 is 17.0. The number of carbonyl (C=O) groups excluding carboxylic acids is 2. The third kappa shape index (κ3) is 7.57. The number of esters is 1. The summed E-state index contributed by atoms with van der Waals surface area (Å²) in [6.07, 6.45) is -0.727. The zero-order chi connectivity index (χ0) is 26.9. The molecule has 0 bridgehead atoms. The molecule has 1 saturated heterocycles. The maximum Gasteiger partial charge on any atom is 0.337 e. The van der Waals surface area contributed by atoms with Crippen LogP contribution in [0.2, 0.25) is 5.02 Å². The molecule has 0 aromatic heterocycles. The molecule has 8 heteroatoms. The maximum absolute atomic E-state index is 12.9. The Morgan fingerprint density at radius 2 is 1.55 bits per heavy atom. The van der Waals surface area contributed by atoms with Crippen molar-refractivity contribution in [1.29, 1.82) is 0 Å². The minimum atomic E-state index is -0.542. The summed E-state index contributed by atoms with van der Waals surface area (Å²) in [4.78, 5) is 28.8. The third-order valence-corrected chi connectivity index (χ3v) is 6.83. The molecule has 38 heavy (non-hydrogen) atoms. The smallest absolute Gasteiger partial charge is 0.337 e. The summed E-state index contributed by atoms with van der Waals surface area (Å²) in [5, 5.41) is 0.671. The average molecular weight is 537 g/mol. The van der Waals surface area contributed by atoms with Crippen LogP contribution in [0.4, 0.5) is 0 Å². The highest BCUT2D eigenvalue weighted by Crippen LogP contribution is 2.24. The summed E-state index contributed by atoms with van der Waals surface area (Å²) in [6.45, 7) is 5.61. The summed E-state index contributed by atoms with van der Waals surface area (Å²) in [7, 11) is 1.37. The molecule has 1 aliphatic rings. The molecule has 1 aliphatic heterocycles. The fraction of sp³-hybridized carbons (Fsp3) is 0.333. The molecule has 1 amide bonds. The number of rotatable bonds is 10. The number of carbonyl (C=O) groups is 2. The number of methoxy groups -OCH3 is 1. The molecule has 0 unspecified atom stereocenters. The van der Waals surface area contributed by atoms with Crippen molar-refractivity contribution < 1.29 is 23.8 Å². The molecule has 3 aromatic carbocycles. The zero-order valence-electron chi connectivity index (χ0n) is 21.7. The van der Waals surface area contributed by atoms with E-state index in [1.54, 1.807) is 19.1 Å². The third-order valence-electron chi connectivity index (χ3n) is 6.58. The van der Waals surface area contributed by atoms with E-state index in [4.69, 9.17) is 25.8 Å². The van der Waals surface area contributed by atoms with E-state index in [2.05, 4.69) is 4.90 Å². The van der Waals surface area contributed by atoms with Gasteiger partial charge in [0.1, 0.15) is 5.75 Å². The number of para-hydroxylation sites is 1. The molecule has 200 valence electrons. The van der Waals surface area contributed by atoms with Gasteiger partial charge in [0.15, 0.2) is 6.10 Å². The van der Waals surface area contributed by atoms with Gasteiger partial charge >= 0.3 is 5.97 Å². The van der Waals surface area contributed by atoms with Crippen LogP contribution in [-0.4, -0.2) is 67.6 Å². The van der Waals surface area contributed by atoms with Gasteiger partial charge in [-0.1, -0.05) is 54.1 Å². The van der Waals surface area contributed by atoms with Crippen LogP contribution < -0.4 is 4.74 Å². The highest BCUT2D eigenvalue weighted by molar-refractivity contribution is 6.30. The van der Waals surface area contributed by atoms with Gasteiger partial charge in [-0.25, -0.2) is 4.79 Å². The Balaban J connectivity index is 1.34. The number of nitrogens with zero attached hydrogens (tertiary/aromatic N) is 2. The van der Waals surface area contributed by atoms with Gasteiger partial charge in [0.25, 0.3) is 5.91 Å². The first-order valence-electron chi connectivity index (χ1n) is 12.7. The highest BCUT2D eigenvalue weighted by Gasteiger charge is 2.27. The minimum absolute atomic E-state index is 0.00518. The standard InChI is InChI=1S/C30H33ClN2O5/c1-22(38-27-6-4-3-5-7-27)29(34)33-18-16-32(17-19-33)20-28(24-12-14-26(31)15-13-24)37-21-23-8-10-25(11-9-23)30(35)36-2/h3-15,22,28H,16-21H2,1-2H3/t22-,28-/m0/s1. The van der Waals surface area contributed by atoms with Crippen LogP contribution in [0.15, 0.2) is 78.9 Å². The second-order valence-electron chi connectivity index (χ2n) is 9.24. The molecule has 3 aromatic rings. The van der Waals surface area contributed by atoms with Crippen molar-refractivity contribution in [1.82, 2.24) is 9.80 Å². The Hall–Kier alpha value is -3.39. The molecule has 4 rings (SSSR count). The van der Waals surface area contributed by atoms with Gasteiger partial charge in [-0.3, -0.25) is 9.69 Å². The summed E-state index contributed by atoms with van der Waals surface area (Å²) in [6, 6.07) is 24.3. The molecular formula is C30H33ClN2O5. The predicted molar refractivity (Wildman–Crippen MR) is 146 cm³/mol. The van der Waals surface area contributed by atoms with Crippen molar-refractivity contribution in [3.63, 3.8) is 0 Å². The second-order valence-corrected chi connectivity index (χ2v) is 9.68. The maximum atomic E-state index is 12.9. The lowest BCUT2D eigenvalue weighted by atomic mass is 10.1. The number of halogens is 1. The van der Waals surface area contributed by atoms with Crippen molar-refractivity contribution in [2.45, 2.75) is 25.7 Å². The molecule has 0 saturated carbocycles. The molecule has 0 radical (unpaired) electrons. The molecule has 1 fully saturated rings. The molecule has 0 spiro atoms. The normalized spacial score (nSPS) is 15.5. The van der Waals surface area contributed by atoms with Gasteiger partial charge in [-0.2, -0.15) is 0 Å². The number of hydrogen-bond donors (Lipinski definition) is 0. The molecule has 0 aliphatic carbocycles. The van der Waals surface area contributed by atoms with E-state index in [1.165, 1.54) is 7.11 Å². The van der Waals surface area contributed by atoms with Gasteiger partial charge in [0.2, 0.25) is 0 Å². The fourth-order valence-corrected chi connectivity index (χ4v) is 4.51. The van der Waals surface area contributed by atoms with Crippen LogP contribution >= 0.6 is 11.6 Å². The zero-order valence-corrected chi connectivity index (χ0v) is 22.5. The number of amides is 1. The molecule has 2 atom stereocenters. The van der Waals surface area contributed by atoms with E-state index in [-0.39, 0.29) is 18.0 Å². The number of benzene rings is 3. The Kier molecular flexibility index (Phi) is 9.76. The van der Waals surface area contributed by atoms with Crippen LogP contribution in [0, 0.1) is 0 Å². The SMILES string of the molecule is COC(=O)c1ccc(CO[C@@H](CN2CCN(C(=O)[C@H](C)Oc3ccccc3)CC2)c2ccc(Cl)cc2)cc1. The van der Waals surface area contributed by atoms with Crippen LogP contribution in [0.3, 0.4) is 0 Å².